The van der Waals surface area contributed by atoms with E-state index in [2.05, 4.69) is 0 Å². The molecule has 0 unspecified atom stereocenters. The molecule has 0 aromatic rings. The van der Waals surface area contributed by atoms with E-state index in [9.17, 15) is 0 Å². The van der Waals surface area contributed by atoms with Gasteiger partial charge in [0.1, 0.15) is 0 Å². The molecule has 1 N–H and O–H groups in total. The highest BCUT2D eigenvalue weighted by atomic mass is 16.5. The Balaban J connectivity index is 3.12. The van der Waals surface area contributed by atoms with Crippen LogP contribution < -0.4 is 0 Å². The summed E-state index contributed by atoms with van der Waals surface area (Å²) >= 11 is 0. The largest absolute Gasteiger partial charge is 0.391 e. The predicted octanol–water partition coefficient (Wildman–Crippen LogP) is 1.20. The van der Waals surface area contributed by atoms with E-state index in [0.29, 0.717) is 19.8 Å². The zero-order chi connectivity index (χ0) is 9.61. The molecular formula is C9H20O3. The molecule has 0 saturated carbocycles. The second-order valence-corrected chi connectivity index (χ2v) is 3.88. The summed E-state index contributed by atoms with van der Waals surface area (Å²) in [6.07, 6.45) is -0.389. The fourth-order valence-corrected chi connectivity index (χ4v) is 0.661. The highest BCUT2D eigenvalue weighted by Gasteiger charge is 2.08. The first-order valence-electron chi connectivity index (χ1n) is 4.31. The van der Waals surface area contributed by atoms with Crippen LogP contribution in [0.2, 0.25) is 0 Å². The Kier molecular flexibility index (Phi) is 5.46. The minimum atomic E-state index is -0.389. The molecule has 0 saturated heterocycles. The standard InChI is InChI=1S/C9H20O3/c1-8(10)7-11-5-6-12-9(2,3)4/h8,10H,5-7H2,1-4H3/t8-/m1/s1. The number of hydrogen-bond acceptors (Lipinski definition) is 3. The van der Waals surface area contributed by atoms with E-state index in [1.54, 1.807) is 6.92 Å². The second kappa shape index (κ2) is 5.51. The Morgan fingerprint density at radius 3 is 2.25 bits per heavy atom. The molecule has 0 heterocycles. The lowest BCUT2D eigenvalue weighted by atomic mass is 10.2. The van der Waals surface area contributed by atoms with Crippen molar-refractivity contribution in [3.63, 3.8) is 0 Å². The Morgan fingerprint density at radius 2 is 1.83 bits per heavy atom. The molecule has 3 nitrogen and oxygen atoms in total. The van der Waals surface area contributed by atoms with Crippen molar-refractivity contribution in [2.45, 2.75) is 39.4 Å². The molecule has 12 heavy (non-hydrogen) atoms. The van der Waals surface area contributed by atoms with Gasteiger partial charge in [0, 0.05) is 0 Å². The van der Waals surface area contributed by atoms with Crippen LogP contribution in [0.5, 0.6) is 0 Å². The van der Waals surface area contributed by atoms with Crippen LogP contribution in [0.15, 0.2) is 0 Å². The van der Waals surface area contributed by atoms with Gasteiger partial charge in [0.25, 0.3) is 0 Å². The van der Waals surface area contributed by atoms with Gasteiger partial charge in [0.15, 0.2) is 0 Å². The van der Waals surface area contributed by atoms with E-state index in [-0.39, 0.29) is 11.7 Å². The van der Waals surface area contributed by atoms with Crippen molar-refractivity contribution in [1.82, 2.24) is 0 Å². The highest BCUT2D eigenvalue weighted by Crippen LogP contribution is 2.05. The molecule has 0 aromatic heterocycles. The van der Waals surface area contributed by atoms with Gasteiger partial charge >= 0.3 is 0 Å². The van der Waals surface area contributed by atoms with Gasteiger partial charge in [-0.15, -0.1) is 0 Å². The van der Waals surface area contributed by atoms with Crippen LogP contribution >= 0.6 is 0 Å². The maximum atomic E-state index is 8.85. The maximum Gasteiger partial charge on any atom is 0.0745 e. The van der Waals surface area contributed by atoms with Gasteiger partial charge in [-0.3, -0.25) is 0 Å². The van der Waals surface area contributed by atoms with Crippen molar-refractivity contribution >= 4 is 0 Å². The Bertz CT molecular complexity index is 105. The average molecular weight is 176 g/mol. The fourth-order valence-electron chi connectivity index (χ4n) is 0.661. The topological polar surface area (TPSA) is 38.7 Å². The lowest BCUT2D eigenvalue weighted by molar-refractivity contribution is -0.0454. The van der Waals surface area contributed by atoms with Crippen molar-refractivity contribution < 1.29 is 14.6 Å². The Morgan fingerprint density at radius 1 is 1.25 bits per heavy atom. The summed E-state index contributed by atoms with van der Waals surface area (Å²) in [6, 6.07) is 0. The third-order valence-corrected chi connectivity index (χ3v) is 1.12. The second-order valence-electron chi connectivity index (χ2n) is 3.88. The monoisotopic (exact) mass is 176 g/mol. The van der Waals surface area contributed by atoms with Crippen molar-refractivity contribution in [3.05, 3.63) is 0 Å². The van der Waals surface area contributed by atoms with Crippen LogP contribution in [0, 0.1) is 0 Å². The third-order valence-electron chi connectivity index (χ3n) is 1.12. The van der Waals surface area contributed by atoms with Gasteiger partial charge in [-0.2, -0.15) is 0 Å². The Labute approximate surface area is 74.7 Å². The summed E-state index contributed by atoms with van der Waals surface area (Å²) in [5.74, 6) is 0. The summed E-state index contributed by atoms with van der Waals surface area (Å²) in [4.78, 5) is 0. The van der Waals surface area contributed by atoms with Crippen LogP contribution in [0.3, 0.4) is 0 Å². The number of aliphatic hydroxyl groups excluding tert-OH is 1. The minimum absolute atomic E-state index is 0.103. The highest BCUT2D eigenvalue weighted by molar-refractivity contribution is 4.57. The zero-order valence-corrected chi connectivity index (χ0v) is 8.46. The van der Waals surface area contributed by atoms with Crippen LogP contribution in [0.25, 0.3) is 0 Å². The molecule has 0 bridgehead atoms. The van der Waals surface area contributed by atoms with E-state index >= 15 is 0 Å². The molecular weight excluding hydrogens is 156 g/mol. The molecule has 0 aromatic carbocycles. The molecule has 0 aliphatic carbocycles. The van der Waals surface area contributed by atoms with Crippen LogP contribution in [-0.2, 0) is 9.47 Å². The molecule has 0 rings (SSSR count). The summed E-state index contributed by atoms with van der Waals surface area (Å²) < 4.78 is 10.5. The van der Waals surface area contributed by atoms with E-state index in [1.165, 1.54) is 0 Å². The van der Waals surface area contributed by atoms with Gasteiger partial charge in [-0.05, 0) is 27.7 Å². The van der Waals surface area contributed by atoms with Crippen molar-refractivity contribution in [2.24, 2.45) is 0 Å². The smallest absolute Gasteiger partial charge is 0.0745 e. The quantitative estimate of drug-likeness (QED) is 0.640. The fraction of sp³-hybridized carbons (Fsp3) is 1.00. The summed E-state index contributed by atoms with van der Waals surface area (Å²) in [6.45, 7) is 9.21. The first kappa shape index (κ1) is 11.9. The normalized spacial score (nSPS) is 14.8. The lowest BCUT2D eigenvalue weighted by Crippen LogP contribution is -2.22. The Hall–Kier alpha value is -0.120. The number of aliphatic hydroxyl groups is 1. The third kappa shape index (κ3) is 9.88. The molecule has 0 radical (unpaired) electrons. The van der Waals surface area contributed by atoms with Gasteiger partial charge in [0.2, 0.25) is 0 Å². The summed E-state index contributed by atoms with van der Waals surface area (Å²) in [5, 5.41) is 8.85. The number of rotatable bonds is 5. The molecule has 3 heteroatoms. The molecule has 74 valence electrons. The first-order valence-corrected chi connectivity index (χ1v) is 4.31. The molecule has 0 aliphatic rings. The SMILES string of the molecule is C[C@@H](O)COCCOC(C)(C)C. The molecule has 0 aliphatic heterocycles. The van der Waals surface area contributed by atoms with Gasteiger partial charge in [-0.25, -0.2) is 0 Å². The molecule has 1 atom stereocenters. The van der Waals surface area contributed by atoms with Crippen molar-refractivity contribution in [1.29, 1.82) is 0 Å². The number of hydrogen-bond donors (Lipinski definition) is 1. The van der Waals surface area contributed by atoms with E-state index in [0.717, 1.165) is 0 Å². The summed E-state index contributed by atoms with van der Waals surface area (Å²) in [5.41, 5.74) is -0.103. The zero-order valence-electron chi connectivity index (χ0n) is 8.46. The molecule has 0 fully saturated rings. The van der Waals surface area contributed by atoms with Gasteiger partial charge in [-0.1, -0.05) is 0 Å². The van der Waals surface area contributed by atoms with Crippen LogP contribution in [0.4, 0.5) is 0 Å². The van der Waals surface area contributed by atoms with Crippen molar-refractivity contribution in [3.8, 4) is 0 Å². The number of ether oxygens (including phenoxy) is 2. The summed E-state index contributed by atoms with van der Waals surface area (Å²) in [7, 11) is 0. The van der Waals surface area contributed by atoms with E-state index in [1.807, 2.05) is 20.8 Å². The average Bonchev–Trinajstić information content (AvgIpc) is 1.83. The van der Waals surface area contributed by atoms with Crippen molar-refractivity contribution in [2.75, 3.05) is 19.8 Å². The van der Waals surface area contributed by atoms with Gasteiger partial charge < -0.3 is 14.6 Å². The first-order chi connectivity index (χ1) is 5.42. The van der Waals surface area contributed by atoms with Gasteiger partial charge in [0.05, 0.1) is 31.5 Å². The molecule has 0 amide bonds. The lowest BCUT2D eigenvalue weighted by Gasteiger charge is -2.19. The maximum absolute atomic E-state index is 8.85. The van der Waals surface area contributed by atoms with E-state index in [4.69, 9.17) is 14.6 Å². The van der Waals surface area contributed by atoms with Crippen LogP contribution in [-0.4, -0.2) is 36.6 Å². The van der Waals surface area contributed by atoms with Crippen LogP contribution in [0.1, 0.15) is 27.7 Å². The molecule has 0 spiro atoms. The minimum Gasteiger partial charge on any atom is -0.391 e. The van der Waals surface area contributed by atoms with E-state index < -0.39 is 0 Å². The predicted molar refractivity (Wildman–Crippen MR) is 48.2 cm³/mol.